The van der Waals surface area contributed by atoms with Crippen molar-refractivity contribution in [1.29, 1.82) is 0 Å². The standard InChI is InChI=1S/C20H28O3/c1-4-19-18-7-5-14-11-15(22)6-8-16(14)17(18)9-10-20(19,3)12-23-13(2)21/h9,18-19H,4-8,10-12H2,1-3H3/t18-,19+,20-/m1/s1. The minimum Gasteiger partial charge on any atom is -0.465 e. The molecule has 3 aliphatic rings. The van der Waals surface area contributed by atoms with Crippen LogP contribution in [0.15, 0.2) is 22.8 Å². The summed E-state index contributed by atoms with van der Waals surface area (Å²) in [6.07, 6.45) is 9.02. The van der Waals surface area contributed by atoms with Crippen molar-refractivity contribution in [3.8, 4) is 0 Å². The van der Waals surface area contributed by atoms with Crippen molar-refractivity contribution in [2.24, 2.45) is 17.3 Å². The average molecular weight is 316 g/mol. The van der Waals surface area contributed by atoms with E-state index in [9.17, 15) is 9.59 Å². The summed E-state index contributed by atoms with van der Waals surface area (Å²) >= 11 is 0. The minimum atomic E-state index is -0.185. The molecule has 0 saturated carbocycles. The molecule has 0 unspecified atom stereocenters. The Hall–Kier alpha value is -1.38. The van der Waals surface area contributed by atoms with Crippen LogP contribution in [0.25, 0.3) is 0 Å². The highest BCUT2D eigenvalue weighted by molar-refractivity contribution is 5.83. The van der Waals surface area contributed by atoms with Gasteiger partial charge in [-0.25, -0.2) is 0 Å². The molecule has 23 heavy (non-hydrogen) atoms. The van der Waals surface area contributed by atoms with Crippen molar-refractivity contribution in [2.45, 2.75) is 65.7 Å². The van der Waals surface area contributed by atoms with Gasteiger partial charge in [0, 0.05) is 25.2 Å². The third-order valence-electron chi connectivity index (χ3n) is 6.21. The largest absolute Gasteiger partial charge is 0.465 e. The predicted octanol–water partition coefficient (Wildman–Crippen LogP) is 4.37. The highest BCUT2D eigenvalue weighted by Crippen LogP contribution is 2.53. The first-order valence-corrected chi connectivity index (χ1v) is 9.01. The molecule has 0 aliphatic heterocycles. The molecule has 0 radical (unpaired) electrons. The van der Waals surface area contributed by atoms with Gasteiger partial charge in [0.05, 0.1) is 6.61 Å². The topological polar surface area (TPSA) is 43.4 Å². The fraction of sp³-hybridized carbons (Fsp3) is 0.700. The van der Waals surface area contributed by atoms with Crippen molar-refractivity contribution in [3.63, 3.8) is 0 Å². The van der Waals surface area contributed by atoms with Gasteiger partial charge in [0.1, 0.15) is 5.78 Å². The smallest absolute Gasteiger partial charge is 0.302 e. The van der Waals surface area contributed by atoms with Crippen molar-refractivity contribution >= 4 is 11.8 Å². The fourth-order valence-corrected chi connectivity index (χ4v) is 5.05. The van der Waals surface area contributed by atoms with Crippen LogP contribution in [-0.4, -0.2) is 18.4 Å². The van der Waals surface area contributed by atoms with Gasteiger partial charge in [-0.2, -0.15) is 0 Å². The molecule has 0 aromatic carbocycles. The lowest BCUT2D eigenvalue weighted by Gasteiger charge is -2.48. The Morgan fingerprint density at radius 1 is 1.35 bits per heavy atom. The van der Waals surface area contributed by atoms with Gasteiger partial charge in [0.2, 0.25) is 0 Å². The van der Waals surface area contributed by atoms with E-state index in [4.69, 9.17) is 4.74 Å². The second-order valence-corrected chi connectivity index (χ2v) is 7.76. The van der Waals surface area contributed by atoms with E-state index < -0.39 is 0 Å². The molecule has 3 nitrogen and oxygen atoms in total. The molecule has 0 heterocycles. The molecule has 0 aromatic rings. The Morgan fingerprint density at radius 3 is 2.83 bits per heavy atom. The molecule has 0 saturated heterocycles. The molecule has 3 aliphatic carbocycles. The van der Waals surface area contributed by atoms with Crippen LogP contribution in [-0.2, 0) is 14.3 Å². The molecule has 0 fully saturated rings. The van der Waals surface area contributed by atoms with E-state index in [1.165, 1.54) is 23.6 Å². The Bertz CT molecular complexity index is 584. The molecular weight excluding hydrogens is 288 g/mol. The molecular formula is C20H28O3. The van der Waals surface area contributed by atoms with Crippen LogP contribution in [0.2, 0.25) is 0 Å². The zero-order chi connectivity index (χ0) is 16.6. The zero-order valence-electron chi connectivity index (χ0n) is 14.6. The summed E-state index contributed by atoms with van der Waals surface area (Å²) in [4.78, 5) is 23.0. The first kappa shape index (κ1) is 16.5. The van der Waals surface area contributed by atoms with Gasteiger partial charge in [-0.05, 0) is 48.7 Å². The monoisotopic (exact) mass is 316 g/mol. The molecule has 0 bridgehead atoms. The maximum atomic E-state index is 11.7. The zero-order valence-corrected chi connectivity index (χ0v) is 14.6. The first-order valence-electron chi connectivity index (χ1n) is 9.01. The number of fused-ring (bicyclic) bond motifs is 2. The summed E-state index contributed by atoms with van der Waals surface area (Å²) in [5, 5.41) is 0. The molecule has 3 heteroatoms. The van der Waals surface area contributed by atoms with E-state index >= 15 is 0 Å². The number of allylic oxidation sites excluding steroid dienone is 4. The van der Waals surface area contributed by atoms with Crippen LogP contribution in [0.4, 0.5) is 0 Å². The molecule has 0 N–H and O–H groups in total. The van der Waals surface area contributed by atoms with Crippen molar-refractivity contribution in [3.05, 3.63) is 22.8 Å². The number of hydrogen-bond donors (Lipinski definition) is 0. The summed E-state index contributed by atoms with van der Waals surface area (Å²) in [6.45, 7) is 6.54. The SMILES string of the molecule is CC[C@H]1[C@@H]2CCC3=C(CCC(=O)C3)C2=CC[C@]1(C)COC(C)=O. The maximum Gasteiger partial charge on any atom is 0.302 e. The van der Waals surface area contributed by atoms with Crippen LogP contribution in [0.1, 0.15) is 65.7 Å². The number of ether oxygens (including phenoxy) is 1. The summed E-state index contributed by atoms with van der Waals surface area (Å²) < 4.78 is 5.39. The van der Waals surface area contributed by atoms with Gasteiger partial charge in [0.15, 0.2) is 0 Å². The minimum absolute atomic E-state index is 0.0388. The highest BCUT2D eigenvalue weighted by atomic mass is 16.5. The lowest BCUT2D eigenvalue weighted by Crippen LogP contribution is -2.42. The van der Waals surface area contributed by atoms with E-state index in [-0.39, 0.29) is 11.4 Å². The number of carbonyl (C=O) groups excluding carboxylic acids is 2. The molecule has 0 spiro atoms. The molecule has 3 atom stereocenters. The first-order chi connectivity index (χ1) is 10.9. The predicted molar refractivity (Wildman–Crippen MR) is 89.8 cm³/mol. The lowest BCUT2D eigenvalue weighted by molar-refractivity contribution is -0.146. The van der Waals surface area contributed by atoms with Gasteiger partial charge in [-0.15, -0.1) is 0 Å². The molecule has 126 valence electrons. The van der Waals surface area contributed by atoms with Crippen LogP contribution >= 0.6 is 0 Å². The number of Topliss-reactive ketones (excluding diaryl/α,β-unsaturated/α-hetero) is 1. The van der Waals surface area contributed by atoms with Gasteiger partial charge in [-0.3, -0.25) is 9.59 Å². The average Bonchev–Trinajstić information content (AvgIpc) is 2.52. The van der Waals surface area contributed by atoms with Crippen LogP contribution in [0.3, 0.4) is 0 Å². The quantitative estimate of drug-likeness (QED) is 0.726. The van der Waals surface area contributed by atoms with E-state index in [1.807, 2.05) is 0 Å². The molecule has 3 rings (SSSR count). The Balaban J connectivity index is 1.89. The number of carbonyl (C=O) groups is 2. The van der Waals surface area contributed by atoms with Crippen LogP contribution in [0, 0.1) is 17.3 Å². The molecule has 0 amide bonds. The van der Waals surface area contributed by atoms with Crippen molar-refractivity contribution < 1.29 is 14.3 Å². The van der Waals surface area contributed by atoms with Crippen LogP contribution < -0.4 is 0 Å². The number of esters is 1. The van der Waals surface area contributed by atoms with Gasteiger partial charge in [-0.1, -0.05) is 31.9 Å². The van der Waals surface area contributed by atoms with Gasteiger partial charge >= 0.3 is 5.97 Å². The van der Waals surface area contributed by atoms with Gasteiger partial charge in [0.25, 0.3) is 0 Å². The Morgan fingerprint density at radius 2 is 2.13 bits per heavy atom. The normalized spacial score (nSPS) is 33.7. The summed E-state index contributed by atoms with van der Waals surface area (Å²) in [5.74, 6) is 1.34. The Labute approximate surface area is 139 Å². The van der Waals surface area contributed by atoms with Crippen molar-refractivity contribution in [1.82, 2.24) is 0 Å². The lowest BCUT2D eigenvalue weighted by atomic mass is 9.57. The van der Waals surface area contributed by atoms with E-state index in [2.05, 4.69) is 19.9 Å². The third kappa shape index (κ3) is 3.02. The molecule has 0 aromatic heterocycles. The number of rotatable bonds is 3. The second kappa shape index (κ2) is 6.26. The summed E-state index contributed by atoms with van der Waals surface area (Å²) in [6, 6.07) is 0. The maximum absolute atomic E-state index is 11.7. The van der Waals surface area contributed by atoms with Crippen molar-refractivity contribution in [2.75, 3.05) is 6.61 Å². The Kier molecular flexibility index (Phi) is 4.48. The second-order valence-electron chi connectivity index (χ2n) is 7.76. The van der Waals surface area contributed by atoms with E-state index in [0.29, 0.717) is 37.1 Å². The van der Waals surface area contributed by atoms with Gasteiger partial charge < -0.3 is 4.74 Å². The number of hydrogen-bond acceptors (Lipinski definition) is 3. The van der Waals surface area contributed by atoms with Crippen LogP contribution in [0.5, 0.6) is 0 Å². The highest BCUT2D eigenvalue weighted by Gasteiger charge is 2.45. The van der Waals surface area contributed by atoms with E-state index in [0.717, 1.165) is 32.1 Å². The van der Waals surface area contributed by atoms with E-state index in [1.54, 1.807) is 0 Å². The third-order valence-corrected chi connectivity index (χ3v) is 6.21. The fourth-order valence-electron chi connectivity index (χ4n) is 5.05. The number of ketones is 1. The summed E-state index contributed by atoms with van der Waals surface area (Å²) in [5.41, 5.74) is 4.46. The summed E-state index contributed by atoms with van der Waals surface area (Å²) in [7, 11) is 0.